The normalized spacial score (nSPS) is 17.8. The Morgan fingerprint density at radius 3 is 2.88 bits per heavy atom. The number of nitrogens with zero attached hydrogens (tertiary/aromatic N) is 3. The van der Waals surface area contributed by atoms with Crippen molar-refractivity contribution < 1.29 is 9.59 Å². The van der Waals surface area contributed by atoms with E-state index in [2.05, 4.69) is 15.2 Å². The average Bonchev–Trinajstić information content (AvgIpc) is 3.00. The SMILES string of the molecule is Cn1ccnc1CC1CCCN(CC(=O)Nc2ccccc2C(N)=O)C1. The first-order chi connectivity index (χ1) is 12.5. The van der Waals surface area contributed by atoms with E-state index >= 15 is 0 Å². The number of para-hydroxylation sites is 1. The predicted octanol–water partition coefficient (Wildman–Crippen LogP) is 1.41. The topological polar surface area (TPSA) is 93.2 Å². The molecule has 0 bridgehead atoms. The molecule has 1 atom stereocenters. The quantitative estimate of drug-likeness (QED) is 0.819. The molecule has 7 nitrogen and oxygen atoms in total. The molecular weight excluding hydrogens is 330 g/mol. The number of piperidine rings is 1. The molecule has 26 heavy (non-hydrogen) atoms. The number of rotatable bonds is 6. The Hall–Kier alpha value is -2.67. The molecule has 1 saturated heterocycles. The molecule has 1 aliphatic rings. The molecule has 0 radical (unpaired) electrons. The third-order valence-corrected chi connectivity index (χ3v) is 4.83. The second-order valence-corrected chi connectivity index (χ2v) is 6.86. The van der Waals surface area contributed by atoms with Crippen LogP contribution in [-0.2, 0) is 18.3 Å². The van der Waals surface area contributed by atoms with E-state index in [1.54, 1.807) is 24.3 Å². The number of carbonyl (C=O) groups excluding carboxylic acids is 2. The van der Waals surface area contributed by atoms with Gasteiger partial charge in [-0.15, -0.1) is 0 Å². The predicted molar refractivity (Wildman–Crippen MR) is 99.7 cm³/mol. The van der Waals surface area contributed by atoms with E-state index < -0.39 is 5.91 Å². The molecule has 0 aliphatic carbocycles. The minimum absolute atomic E-state index is 0.128. The van der Waals surface area contributed by atoms with Gasteiger partial charge < -0.3 is 15.6 Å². The number of primary amides is 1. The van der Waals surface area contributed by atoms with Gasteiger partial charge in [-0.1, -0.05) is 12.1 Å². The zero-order chi connectivity index (χ0) is 18.5. The van der Waals surface area contributed by atoms with Crippen molar-refractivity contribution in [2.45, 2.75) is 19.3 Å². The molecule has 1 aromatic heterocycles. The average molecular weight is 355 g/mol. The van der Waals surface area contributed by atoms with Gasteiger partial charge in [0.15, 0.2) is 0 Å². The van der Waals surface area contributed by atoms with Gasteiger partial charge in [0.25, 0.3) is 5.91 Å². The van der Waals surface area contributed by atoms with E-state index in [1.165, 1.54) is 0 Å². The minimum Gasteiger partial charge on any atom is -0.366 e. The summed E-state index contributed by atoms with van der Waals surface area (Å²) >= 11 is 0. The Kier molecular flexibility index (Phi) is 5.68. The maximum Gasteiger partial charge on any atom is 0.250 e. The third kappa shape index (κ3) is 4.49. The summed E-state index contributed by atoms with van der Waals surface area (Å²) in [6.45, 7) is 2.09. The largest absolute Gasteiger partial charge is 0.366 e. The van der Waals surface area contributed by atoms with Gasteiger partial charge in [0.05, 0.1) is 17.8 Å². The first kappa shape index (κ1) is 18.1. The summed E-state index contributed by atoms with van der Waals surface area (Å²) < 4.78 is 2.05. The summed E-state index contributed by atoms with van der Waals surface area (Å²) in [5, 5.41) is 2.81. The fourth-order valence-corrected chi connectivity index (χ4v) is 3.51. The Bertz CT molecular complexity index is 786. The van der Waals surface area contributed by atoms with E-state index in [9.17, 15) is 9.59 Å². The van der Waals surface area contributed by atoms with Gasteiger partial charge in [0.1, 0.15) is 5.82 Å². The van der Waals surface area contributed by atoms with Gasteiger partial charge in [0.2, 0.25) is 5.91 Å². The van der Waals surface area contributed by atoms with Crippen molar-refractivity contribution >= 4 is 17.5 Å². The molecule has 7 heteroatoms. The molecule has 3 rings (SSSR count). The van der Waals surface area contributed by atoms with Crippen LogP contribution in [0.25, 0.3) is 0 Å². The van der Waals surface area contributed by atoms with Crippen LogP contribution in [0.15, 0.2) is 36.7 Å². The number of aromatic nitrogens is 2. The third-order valence-electron chi connectivity index (χ3n) is 4.83. The van der Waals surface area contributed by atoms with Crippen LogP contribution in [0.5, 0.6) is 0 Å². The summed E-state index contributed by atoms with van der Waals surface area (Å²) in [5.41, 5.74) is 6.15. The Morgan fingerprint density at radius 2 is 2.15 bits per heavy atom. The number of amides is 2. The number of nitrogens with one attached hydrogen (secondary N) is 1. The van der Waals surface area contributed by atoms with Gasteiger partial charge in [-0.3, -0.25) is 14.5 Å². The van der Waals surface area contributed by atoms with Gasteiger partial charge in [-0.05, 0) is 37.4 Å². The Balaban J connectivity index is 1.56. The highest BCUT2D eigenvalue weighted by Crippen LogP contribution is 2.20. The fraction of sp³-hybridized carbons (Fsp3) is 0.421. The first-order valence-corrected chi connectivity index (χ1v) is 8.90. The molecule has 1 unspecified atom stereocenters. The number of hydrogen-bond donors (Lipinski definition) is 2. The number of nitrogens with two attached hydrogens (primary N) is 1. The van der Waals surface area contributed by atoms with Crippen LogP contribution in [-0.4, -0.2) is 45.9 Å². The highest BCUT2D eigenvalue weighted by Gasteiger charge is 2.23. The molecule has 2 amide bonds. The van der Waals surface area contributed by atoms with Crippen molar-refractivity contribution in [1.29, 1.82) is 0 Å². The maximum atomic E-state index is 12.4. The maximum absolute atomic E-state index is 12.4. The number of benzene rings is 1. The molecule has 138 valence electrons. The molecule has 3 N–H and O–H groups in total. The molecule has 1 aromatic carbocycles. The summed E-state index contributed by atoms with van der Waals surface area (Å²) in [6.07, 6.45) is 6.92. The molecular formula is C19H25N5O2. The smallest absolute Gasteiger partial charge is 0.250 e. The Labute approximate surface area is 153 Å². The lowest BCUT2D eigenvalue weighted by Gasteiger charge is -2.32. The molecule has 2 aromatic rings. The van der Waals surface area contributed by atoms with Crippen LogP contribution in [0.3, 0.4) is 0 Å². The molecule has 1 fully saturated rings. The van der Waals surface area contributed by atoms with E-state index in [-0.39, 0.29) is 5.91 Å². The van der Waals surface area contributed by atoms with E-state index in [0.29, 0.717) is 23.7 Å². The van der Waals surface area contributed by atoms with E-state index in [4.69, 9.17) is 5.73 Å². The lowest BCUT2D eigenvalue weighted by atomic mass is 9.94. The zero-order valence-electron chi connectivity index (χ0n) is 15.0. The zero-order valence-corrected chi connectivity index (χ0v) is 15.0. The van der Waals surface area contributed by atoms with E-state index in [0.717, 1.165) is 38.2 Å². The molecule has 0 saturated carbocycles. The van der Waals surface area contributed by atoms with Crippen LogP contribution in [0.2, 0.25) is 0 Å². The summed E-state index contributed by atoms with van der Waals surface area (Å²) in [6, 6.07) is 6.80. The van der Waals surface area contributed by atoms with Crippen molar-refractivity contribution in [3.8, 4) is 0 Å². The van der Waals surface area contributed by atoms with Crippen molar-refractivity contribution in [2.24, 2.45) is 18.7 Å². The highest BCUT2D eigenvalue weighted by atomic mass is 16.2. The summed E-state index contributed by atoms with van der Waals surface area (Å²) in [4.78, 5) is 30.4. The number of aryl methyl sites for hydroxylation is 1. The standard InChI is InChI=1S/C19H25N5O2/c1-23-10-8-21-17(23)11-14-5-4-9-24(12-14)13-18(25)22-16-7-3-2-6-15(16)19(20)26/h2-3,6-8,10,14H,4-5,9,11-13H2,1H3,(H2,20,26)(H,22,25). The molecule has 2 heterocycles. The van der Waals surface area contributed by atoms with Crippen LogP contribution in [0.1, 0.15) is 29.0 Å². The van der Waals surface area contributed by atoms with Crippen molar-refractivity contribution in [2.75, 3.05) is 25.0 Å². The second-order valence-electron chi connectivity index (χ2n) is 6.86. The van der Waals surface area contributed by atoms with Gasteiger partial charge >= 0.3 is 0 Å². The van der Waals surface area contributed by atoms with Crippen LogP contribution >= 0.6 is 0 Å². The summed E-state index contributed by atoms with van der Waals surface area (Å²) in [5.74, 6) is 0.901. The second kappa shape index (κ2) is 8.14. The number of likely N-dealkylation sites (tertiary alicyclic amines) is 1. The van der Waals surface area contributed by atoms with E-state index in [1.807, 2.05) is 24.0 Å². The minimum atomic E-state index is -0.547. The summed E-state index contributed by atoms with van der Waals surface area (Å²) in [7, 11) is 2.01. The van der Waals surface area contributed by atoms with Gasteiger partial charge in [-0.25, -0.2) is 4.98 Å². The fourth-order valence-electron chi connectivity index (χ4n) is 3.51. The number of imidazole rings is 1. The van der Waals surface area contributed by atoms with Crippen molar-refractivity contribution in [3.63, 3.8) is 0 Å². The van der Waals surface area contributed by atoms with Crippen molar-refractivity contribution in [1.82, 2.24) is 14.5 Å². The van der Waals surface area contributed by atoms with Gasteiger partial charge in [0, 0.05) is 32.4 Å². The lowest BCUT2D eigenvalue weighted by molar-refractivity contribution is -0.117. The lowest BCUT2D eigenvalue weighted by Crippen LogP contribution is -2.41. The number of hydrogen-bond acceptors (Lipinski definition) is 4. The van der Waals surface area contributed by atoms with Crippen molar-refractivity contribution in [3.05, 3.63) is 48.0 Å². The number of anilines is 1. The molecule has 1 aliphatic heterocycles. The molecule has 0 spiro atoms. The van der Waals surface area contributed by atoms with Crippen LogP contribution < -0.4 is 11.1 Å². The Morgan fingerprint density at radius 1 is 1.35 bits per heavy atom. The first-order valence-electron chi connectivity index (χ1n) is 8.90. The van der Waals surface area contributed by atoms with Gasteiger partial charge in [-0.2, -0.15) is 0 Å². The van der Waals surface area contributed by atoms with Crippen LogP contribution in [0.4, 0.5) is 5.69 Å². The van der Waals surface area contributed by atoms with Crippen LogP contribution in [0, 0.1) is 5.92 Å². The monoisotopic (exact) mass is 355 g/mol. The number of carbonyl (C=O) groups is 2. The highest BCUT2D eigenvalue weighted by molar-refractivity contribution is 6.03.